The quantitative estimate of drug-likeness (QED) is 0.148. The summed E-state index contributed by atoms with van der Waals surface area (Å²) in [4.78, 5) is 37.6. The third kappa shape index (κ3) is 6.90. The summed E-state index contributed by atoms with van der Waals surface area (Å²) in [6.07, 6.45) is -1.51. The molecule has 36 heavy (non-hydrogen) atoms. The smallest absolute Gasteiger partial charge is 0.337 e. The number of hydrogen-bond acceptors (Lipinski definition) is 10. The largest absolute Gasteiger partial charge is 0.461 e. The molecule has 1 aromatic carbocycles. The molecule has 0 saturated heterocycles. The van der Waals surface area contributed by atoms with Crippen LogP contribution in [0.1, 0.15) is 52.5 Å². The van der Waals surface area contributed by atoms with Crippen molar-refractivity contribution in [2.45, 2.75) is 59.4 Å². The summed E-state index contributed by atoms with van der Waals surface area (Å²) < 4.78 is 22.3. The molecule has 1 aliphatic rings. The average Bonchev–Trinajstić information content (AvgIpc) is 2.82. The summed E-state index contributed by atoms with van der Waals surface area (Å²) in [5.41, 5.74) is 0.719. The van der Waals surface area contributed by atoms with Crippen molar-refractivity contribution < 1.29 is 33.5 Å². The maximum atomic E-state index is 13.5. The molecule has 11 heteroatoms. The van der Waals surface area contributed by atoms with Crippen LogP contribution in [0.4, 0.5) is 5.69 Å². The number of esters is 2. The standard InChI is InChI=1S/C25H31N3O8/c1-6-33-25(34-7-2)22-21(24(30)36-15(3)4)20(17-10-8-11-18(14-17)28(31)32)19(16(5)27-22)23(29)35-13-9-12-26/h8,10-11,14-15,20,25,27H,6-7,9,13H2,1-5H3. The first-order valence-electron chi connectivity index (χ1n) is 11.6. The van der Waals surface area contributed by atoms with Crippen LogP contribution in [0, 0.1) is 21.4 Å². The summed E-state index contributed by atoms with van der Waals surface area (Å²) in [6, 6.07) is 7.55. The number of nitro groups is 1. The highest BCUT2D eigenvalue weighted by Gasteiger charge is 2.42. The third-order valence-corrected chi connectivity index (χ3v) is 5.11. The first-order chi connectivity index (χ1) is 17.2. The Morgan fingerprint density at radius 2 is 1.83 bits per heavy atom. The molecule has 0 amide bonds. The average molecular weight is 502 g/mol. The number of nitrogens with one attached hydrogen (secondary N) is 1. The third-order valence-electron chi connectivity index (χ3n) is 5.11. The SMILES string of the molecule is CCOC(OCC)C1=C(C(=O)OC(C)C)C(c2cccc([N+](=O)[O-])c2)C(C(=O)OCCC#N)=C(C)N1. The van der Waals surface area contributed by atoms with E-state index in [4.69, 9.17) is 24.2 Å². The number of carbonyl (C=O) groups is 2. The van der Waals surface area contributed by atoms with E-state index in [1.54, 1.807) is 40.7 Å². The topological polar surface area (TPSA) is 150 Å². The van der Waals surface area contributed by atoms with Gasteiger partial charge in [-0.15, -0.1) is 0 Å². The van der Waals surface area contributed by atoms with E-state index >= 15 is 0 Å². The minimum Gasteiger partial charge on any atom is -0.461 e. The van der Waals surface area contributed by atoms with Crippen molar-refractivity contribution in [2.75, 3.05) is 19.8 Å². The summed E-state index contributed by atoms with van der Waals surface area (Å²) in [5.74, 6) is -2.61. The number of carbonyl (C=O) groups excluding carboxylic acids is 2. The Kier molecular flexibility index (Phi) is 10.6. The van der Waals surface area contributed by atoms with Crippen LogP contribution < -0.4 is 5.32 Å². The zero-order valence-corrected chi connectivity index (χ0v) is 21.0. The number of nitriles is 1. The molecule has 11 nitrogen and oxygen atoms in total. The van der Waals surface area contributed by atoms with Gasteiger partial charge in [0.05, 0.1) is 46.3 Å². The van der Waals surface area contributed by atoms with Crippen LogP contribution in [-0.4, -0.2) is 49.1 Å². The van der Waals surface area contributed by atoms with Crippen LogP contribution in [0.2, 0.25) is 0 Å². The van der Waals surface area contributed by atoms with E-state index in [1.807, 2.05) is 6.07 Å². The van der Waals surface area contributed by atoms with Gasteiger partial charge < -0.3 is 24.3 Å². The van der Waals surface area contributed by atoms with Crippen molar-refractivity contribution in [1.82, 2.24) is 5.32 Å². The van der Waals surface area contributed by atoms with Crippen LogP contribution in [0.5, 0.6) is 0 Å². The second kappa shape index (κ2) is 13.4. The van der Waals surface area contributed by atoms with E-state index < -0.39 is 35.2 Å². The first kappa shape index (κ1) is 28.5. The maximum absolute atomic E-state index is 13.5. The first-order valence-corrected chi connectivity index (χ1v) is 11.6. The zero-order valence-electron chi connectivity index (χ0n) is 21.0. The molecule has 0 radical (unpaired) electrons. The van der Waals surface area contributed by atoms with Crippen LogP contribution in [0.25, 0.3) is 0 Å². The Labute approximate surface area is 209 Å². The number of nitro benzene ring substituents is 1. The van der Waals surface area contributed by atoms with E-state index in [1.165, 1.54) is 18.2 Å². The minimum absolute atomic E-state index is 0.00827. The van der Waals surface area contributed by atoms with Crippen molar-refractivity contribution >= 4 is 17.6 Å². The molecular weight excluding hydrogens is 470 g/mol. The van der Waals surface area contributed by atoms with E-state index in [9.17, 15) is 19.7 Å². The molecule has 0 spiro atoms. The van der Waals surface area contributed by atoms with Crippen LogP contribution >= 0.6 is 0 Å². The fraction of sp³-hybridized carbons (Fsp3) is 0.480. The van der Waals surface area contributed by atoms with Crippen LogP contribution in [0.15, 0.2) is 46.8 Å². The number of non-ortho nitro benzene ring substituents is 1. The number of rotatable bonds is 12. The van der Waals surface area contributed by atoms with Gasteiger partial charge in [0.1, 0.15) is 6.61 Å². The number of ether oxygens (including phenoxy) is 4. The molecule has 0 aliphatic carbocycles. The predicted octanol–water partition coefficient (Wildman–Crippen LogP) is 3.62. The number of benzene rings is 1. The van der Waals surface area contributed by atoms with E-state index in [-0.39, 0.29) is 48.8 Å². The molecule has 1 atom stereocenters. The predicted molar refractivity (Wildman–Crippen MR) is 128 cm³/mol. The summed E-state index contributed by atoms with van der Waals surface area (Å²) in [7, 11) is 0. The lowest BCUT2D eigenvalue weighted by Crippen LogP contribution is -2.39. The Hall–Kier alpha value is -3.75. The van der Waals surface area contributed by atoms with Crippen LogP contribution in [0.3, 0.4) is 0 Å². The second-order valence-electron chi connectivity index (χ2n) is 8.02. The van der Waals surface area contributed by atoms with Crippen molar-refractivity contribution in [3.63, 3.8) is 0 Å². The Morgan fingerprint density at radius 1 is 1.17 bits per heavy atom. The van der Waals surface area contributed by atoms with Crippen molar-refractivity contribution in [3.05, 3.63) is 62.5 Å². The normalized spacial score (nSPS) is 15.6. The van der Waals surface area contributed by atoms with Gasteiger partial charge in [0.15, 0.2) is 6.29 Å². The number of dihydropyridines is 1. The van der Waals surface area contributed by atoms with Gasteiger partial charge in [0, 0.05) is 31.0 Å². The molecule has 0 bridgehead atoms. The van der Waals surface area contributed by atoms with Gasteiger partial charge >= 0.3 is 11.9 Å². The van der Waals surface area contributed by atoms with Crippen molar-refractivity contribution in [2.24, 2.45) is 0 Å². The number of nitrogens with zero attached hydrogens (tertiary/aromatic N) is 2. The molecule has 1 N–H and O–H groups in total. The minimum atomic E-state index is -1.09. The van der Waals surface area contributed by atoms with Gasteiger partial charge in [-0.2, -0.15) is 5.26 Å². The zero-order chi connectivity index (χ0) is 26.8. The Balaban J connectivity index is 2.82. The molecule has 1 unspecified atom stereocenters. The Bertz CT molecular complexity index is 1080. The molecule has 1 heterocycles. The van der Waals surface area contributed by atoms with Crippen molar-refractivity contribution in [3.8, 4) is 6.07 Å². The van der Waals surface area contributed by atoms with Crippen molar-refractivity contribution in [1.29, 1.82) is 5.26 Å². The molecule has 0 fully saturated rings. The highest BCUT2D eigenvalue weighted by Crippen LogP contribution is 2.41. The lowest BCUT2D eigenvalue weighted by molar-refractivity contribution is -0.384. The highest BCUT2D eigenvalue weighted by molar-refractivity contribution is 6.00. The summed E-state index contributed by atoms with van der Waals surface area (Å²) >= 11 is 0. The van der Waals surface area contributed by atoms with Gasteiger partial charge in [-0.25, -0.2) is 9.59 Å². The lowest BCUT2D eigenvalue weighted by atomic mass is 9.80. The molecule has 0 saturated carbocycles. The maximum Gasteiger partial charge on any atom is 0.337 e. The molecule has 194 valence electrons. The molecular formula is C25H31N3O8. The fourth-order valence-electron chi connectivity index (χ4n) is 3.75. The number of hydrogen-bond donors (Lipinski definition) is 1. The highest BCUT2D eigenvalue weighted by atomic mass is 16.7. The monoisotopic (exact) mass is 501 g/mol. The van der Waals surface area contributed by atoms with Gasteiger partial charge in [0.25, 0.3) is 5.69 Å². The number of allylic oxidation sites excluding steroid dienone is 1. The van der Waals surface area contributed by atoms with E-state index in [2.05, 4.69) is 5.32 Å². The summed E-state index contributed by atoms with van der Waals surface area (Å²) in [6.45, 7) is 8.86. The molecule has 2 rings (SSSR count). The van der Waals surface area contributed by atoms with E-state index in [0.29, 0.717) is 11.3 Å². The van der Waals surface area contributed by atoms with Gasteiger partial charge in [0.2, 0.25) is 0 Å². The van der Waals surface area contributed by atoms with Gasteiger partial charge in [-0.3, -0.25) is 10.1 Å². The second-order valence-corrected chi connectivity index (χ2v) is 8.02. The van der Waals surface area contributed by atoms with Gasteiger partial charge in [-0.1, -0.05) is 12.1 Å². The summed E-state index contributed by atoms with van der Waals surface area (Å²) in [5, 5.41) is 23.4. The molecule has 1 aliphatic heterocycles. The van der Waals surface area contributed by atoms with E-state index in [0.717, 1.165) is 0 Å². The molecule has 1 aromatic rings. The molecule has 0 aromatic heterocycles. The Morgan fingerprint density at radius 3 is 2.39 bits per heavy atom. The van der Waals surface area contributed by atoms with Gasteiger partial charge in [-0.05, 0) is 40.2 Å². The van der Waals surface area contributed by atoms with Crippen LogP contribution in [-0.2, 0) is 28.5 Å². The lowest BCUT2D eigenvalue weighted by Gasteiger charge is -2.34. The fourth-order valence-corrected chi connectivity index (χ4v) is 3.75.